The Balaban J connectivity index is 2.72. The first-order valence-corrected chi connectivity index (χ1v) is 6.50. The second-order valence-electron chi connectivity index (χ2n) is 4.70. The predicted molar refractivity (Wildman–Crippen MR) is 73.4 cm³/mol. The summed E-state index contributed by atoms with van der Waals surface area (Å²) in [6.45, 7) is 0. The third-order valence-corrected chi connectivity index (χ3v) is 3.06. The lowest BCUT2D eigenvalue weighted by Crippen LogP contribution is -2.14. The molecule has 0 radical (unpaired) electrons. The number of alkyl halides is 6. The molecular formula is C14H8F6N4O. The van der Waals surface area contributed by atoms with E-state index in [-0.39, 0.29) is 11.8 Å². The van der Waals surface area contributed by atoms with Crippen molar-refractivity contribution in [1.29, 1.82) is 5.26 Å². The van der Waals surface area contributed by atoms with Crippen molar-refractivity contribution in [3.63, 3.8) is 0 Å². The van der Waals surface area contributed by atoms with E-state index in [4.69, 9.17) is 5.26 Å². The lowest BCUT2D eigenvalue weighted by molar-refractivity contribution is -0.144. The monoisotopic (exact) mass is 362 g/mol. The zero-order valence-electron chi connectivity index (χ0n) is 12.4. The van der Waals surface area contributed by atoms with Gasteiger partial charge in [0.25, 0.3) is 0 Å². The third-order valence-electron chi connectivity index (χ3n) is 3.06. The van der Waals surface area contributed by atoms with E-state index in [9.17, 15) is 26.3 Å². The van der Waals surface area contributed by atoms with Crippen LogP contribution in [0.1, 0.15) is 22.9 Å². The maximum atomic E-state index is 13.1. The SMILES string of the molecule is CO/N=C\[C@H](C#N)c1ccc2c(C(F)(F)F)cc(C(F)(F)F)nc2n1. The standard InChI is InChI=1S/C14H8F6N4O/c1-25-22-6-7(5-21)10-3-2-8-9(13(15,16)17)4-11(14(18,19)20)24-12(8)23-10/h2-4,6-7H,1H3/b22-6-/t7-/m0/s1. The molecule has 0 fully saturated rings. The topological polar surface area (TPSA) is 71.2 Å². The number of halogens is 6. The normalized spacial score (nSPS) is 13.8. The summed E-state index contributed by atoms with van der Waals surface area (Å²) < 4.78 is 77.7. The molecule has 2 heterocycles. The molecular weight excluding hydrogens is 354 g/mol. The van der Waals surface area contributed by atoms with Crippen LogP contribution >= 0.6 is 0 Å². The molecule has 2 aromatic rings. The molecule has 1 atom stereocenters. The summed E-state index contributed by atoms with van der Waals surface area (Å²) in [6, 6.07) is 3.67. The molecule has 2 rings (SSSR count). The number of nitriles is 1. The van der Waals surface area contributed by atoms with E-state index in [0.29, 0.717) is 0 Å². The number of rotatable bonds is 3. The molecule has 0 aliphatic heterocycles. The second-order valence-corrected chi connectivity index (χ2v) is 4.70. The minimum atomic E-state index is -5.09. The maximum absolute atomic E-state index is 13.1. The zero-order valence-corrected chi connectivity index (χ0v) is 12.4. The van der Waals surface area contributed by atoms with Crippen LogP contribution in [0.25, 0.3) is 11.0 Å². The molecule has 5 nitrogen and oxygen atoms in total. The summed E-state index contributed by atoms with van der Waals surface area (Å²) in [5, 5.41) is 11.8. The van der Waals surface area contributed by atoms with E-state index >= 15 is 0 Å². The number of aromatic nitrogens is 2. The van der Waals surface area contributed by atoms with Crippen molar-refractivity contribution < 1.29 is 31.2 Å². The highest BCUT2D eigenvalue weighted by Gasteiger charge is 2.39. The van der Waals surface area contributed by atoms with Gasteiger partial charge in [-0.25, -0.2) is 9.97 Å². The van der Waals surface area contributed by atoms with Gasteiger partial charge in [0, 0.05) is 5.39 Å². The quantitative estimate of drug-likeness (QED) is 0.472. The average Bonchev–Trinajstić information content (AvgIpc) is 2.52. The summed E-state index contributed by atoms with van der Waals surface area (Å²) >= 11 is 0. The van der Waals surface area contributed by atoms with E-state index in [1.807, 2.05) is 0 Å². The fraction of sp³-hybridized carbons (Fsp3) is 0.286. The summed E-state index contributed by atoms with van der Waals surface area (Å²) in [5.41, 5.74) is -4.12. The number of oxime groups is 1. The van der Waals surface area contributed by atoms with Gasteiger partial charge in [0.15, 0.2) is 5.65 Å². The molecule has 0 aromatic carbocycles. The van der Waals surface area contributed by atoms with E-state index < -0.39 is 40.6 Å². The molecule has 132 valence electrons. The van der Waals surface area contributed by atoms with Crippen molar-refractivity contribution in [1.82, 2.24) is 9.97 Å². The first-order valence-electron chi connectivity index (χ1n) is 6.50. The largest absolute Gasteiger partial charge is 0.433 e. The number of hydrogen-bond donors (Lipinski definition) is 0. The van der Waals surface area contributed by atoms with E-state index in [1.165, 1.54) is 7.11 Å². The van der Waals surface area contributed by atoms with Crippen molar-refractivity contribution in [2.75, 3.05) is 7.11 Å². The number of hydrogen-bond acceptors (Lipinski definition) is 5. The molecule has 0 aliphatic rings. The predicted octanol–water partition coefficient (Wildman–Crippen LogP) is 3.91. The van der Waals surface area contributed by atoms with Gasteiger partial charge in [-0.05, 0) is 18.2 Å². The lowest BCUT2D eigenvalue weighted by Gasteiger charge is -2.14. The highest BCUT2D eigenvalue weighted by molar-refractivity contribution is 5.81. The van der Waals surface area contributed by atoms with Gasteiger partial charge in [-0.15, -0.1) is 0 Å². The molecule has 0 spiro atoms. The Hall–Kier alpha value is -2.90. The Kier molecular flexibility index (Phi) is 4.82. The highest BCUT2D eigenvalue weighted by atomic mass is 19.4. The average molecular weight is 362 g/mol. The van der Waals surface area contributed by atoms with Gasteiger partial charge in [-0.2, -0.15) is 31.6 Å². The van der Waals surface area contributed by atoms with Gasteiger partial charge in [0.2, 0.25) is 0 Å². The first kappa shape index (κ1) is 18.4. The number of pyridine rings is 2. The van der Waals surface area contributed by atoms with Crippen LogP contribution in [-0.4, -0.2) is 23.3 Å². The Morgan fingerprint density at radius 1 is 1.16 bits per heavy atom. The van der Waals surface area contributed by atoms with E-state index in [2.05, 4.69) is 20.0 Å². The second kappa shape index (κ2) is 6.54. The first-order chi connectivity index (χ1) is 11.6. The van der Waals surface area contributed by atoms with Crippen molar-refractivity contribution in [3.05, 3.63) is 35.2 Å². The molecule has 0 bridgehead atoms. The molecule has 0 saturated heterocycles. The third kappa shape index (κ3) is 3.96. The van der Waals surface area contributed by atoms with Gasteiger partial charge in [-0.3, -0.25) is 0 Å². The minimum Gasteiger partial charge on any atom is -0.399 e. The number of nitrogens with zero attached hydrogens (tertiary/aromatic N) is 4. The van der Waals surface area contributed by atoms with Crippen molar-refractivity contribution in [3.8, 4) is 6.07 Å². The molecule has 0 aliphatic carbocycles. The molecule has 0 N–H and O–H groups in total. The van der Waals surface area contributed by atoms with E-state index in [1.54, 1.807) is 6.07 Å². The molecule has 25 heavy (non-hydrogen) atoms. The summed E-state index contributed by atoms with van der Waals surface area (Å²) in [4.78, 5) is 11.2. The van der Waals surface area contributed by atoms with Crippen molar-refractivity contribution in [2.45, 2.75) is 18.3 Å². The Bertz CT molecular complexity index is 853. The van der Waals surface area contributed by atoms with Crippen LogP contribution in [0.2, 0.25) is 0 Å². The fourth-order valence-corrected chi connectivity index (χ4v) is 1.97. The van der Waals surface area contributed by atoms with Crippen molar-refractivity contribution in [2.24, 2.45) is 5.16 Å². The van der Waals surface area contributed by atoms with Gasteiger partial charge < -0.3 is 4.84 Å². The van der Waals surface area contributed by atoms with Gasteiger partial charge >= 0.3 is 12.4 Å². The molecule has 0 unspecified atom stereocenters. The van der Waals surface area contributed by atoms with Gasteiger partial charge in [0.05, 0.1) is 23.5 Å². The minimum absolute atomic E-state index is 0.0716. The van der Waals surface area contributed by atoms with Crippen LogP contribution < -0.4 is 0 Å². The highest BCUT2D eigenvalue weighted by Crippen LogP contribution is 2.38. The zero-order chi connectivity index (χ0) is 18.8. The smallest absolute Gasteiger partial charge is 0.399 e. The van der Waals surface area contributed by atoms with Crippen LogP contribution in [0.5, 0.6) is 0 Å². The maximum Gasteiger partial charge on any atom is 0.433 e. The Morgan fingerprint density at radius 2 is 1.84 bits per heavy atom. The molecule has 0 amide bonds. The van der Waals surface area contributed by atoms with Gasteiger partial charge in [0.1, 0.15) is 18.7 Å². The van der Waals surface area contributed by atoms with Crippen LogP contribution in [-0.2, 0) is 17.2 Å². The molecule has 11 heteroatoms. The van der Waals surface area contributed by atoms with E-state index in [0.717, 1.165) is 18.3 Å². The Labute approximate surface area is 136 Å². The van der Waals surface area contributed by atoms with Crippen molar-refractivity contribution >= 4 is 17.2 Å². The summed E-state index contributed by atoms with van der Waals surface area (Å²) in [7, 11) is 1.20. The van der Waals surface area contributed by atoms with Crippen LogP contribution in [0.4, 0.5) is 26.3 Å². The van der Waals surface area contributed by atoms with Crippen LogP contribution in [0.3, 0.4) is 0 Å². The van der Waals surface area contributed by atoms with Gasteiger partial charge in [-0.1, -0.05) is 5.16 Å². The lowest BCUT2D eigenvalue weighted by atomic mass is 10.0. The Morgan fingerprint density at radius 3 is 2.36 bits per heavy atom. The van der Waals surface area contributed by atoms with Crippen LogP contribution in [0, 0.1) is 11.3 Å². The fourth-order valence-electron chi connectivity index (χ4n) is 1.97. The molecule has 0 saturated carbocycles. The van der Waals surface area contributed by atoms with Crippen LogP contribution in [0.15, 0.2) is 23.4 Å². The summed E-state index contributed by atoms with van der Waals surface area (Å²) in [5.74, 6) is -1.13. The molecule has 2 aromatic heterocycles. The summed E-state index contributed by atoms with van der Waals surface area (Å²) in [6.07, 6.45) is -9.11. The number of fused-ring (bicyclic) bond motifs is 1.